The van der Waals surface area contributed by atoms with Gasteiger partial charge in [0.05, 0.1) is 5.69 Å². The molecule has 1 aromatic rings. The van der Waals surface area contributed by atoms with E-state index in [2.05, 4.69) is 0 Å². The standard InChI is InChI=1S/C15H14N4O6/c16-11(20)7-10(15(24)19(17)25)14(23)8-2-1-3-9(6-8)18-12(21)4-5-13(18)22/h1-6,10,25H,7,17H2,(H2,16,20). The van der Waals surface area contributed by atoms with Crippen molar-refractivity contribution in [2.45, 2.75) is 6.42 Å². The van der Waals surface area contributed by atoms with Gasteiger partial charge in [-0.3, -0.25) is 29.2 Å². The minimum atomic E-state index is -1.63. The van der Waals surface area contributed by atoms with Crippen LogP contribution in [0.1, 0.15) is 16.8 Å². The highest BCUT2D eigenvalue weighted by atomic mass is 16.5. The van der Waals surface area contributed by atoms with Crippen molar-refractivity contribution >= 4 is 35.1 Å². The molecule has 0 radical (unpaired) electrons. The maximum Gasteiger partial charge on any atom is 0.272 e. The summed E-state index contributed by atoms with van der Waals surface area (Å²) in [6.07, 6.45) is 1.49. The molecule has 2 rings (SSSR count). The highest BCUT2D eigenvalue weighted by molar-refractivity contribution is 6.28. The van der Waals surface area contributed by atoms with E-state index in [1.165, 1.54) is 24.3 Å². The van der Waals surface area contributed by atoms with Crippen LogP contribution < -0.4 is 16.5 Å². The Bertz CT molecular complexity index is 783. The number of Topliss-reactive ketones (excluding diaryl/α,β-unsaturated/α-hetero) is 1. The third-order valence-corrected chi connectivity index (χ3v) is 3.44. The maximum atomic E-state index is 12.5. The number of hydrazine groups is 1. The fourth-order valence-electron chi connectivity index (χ4n) is 2.31. The number of anilines is 1. The fourth-order valence-corrected chi connectivity index (χ4v) is 2.31. The van der Waals surface area contributed by atoms with E-state index in [1.54, 1.807) is 0 Å². The van der Waals surface area contributed by atoms with E-state index in [9.17, 15) is 24.0 Å². The Kier molecular flexibility index (Phi) is 5.05. The molecule has 0 spiro atoms. The molecule has 0 bridgehead atoms. The van der Waals surface area contributed by atoms with Crippen molar-refractivity contribution in [1.82, 2.24) is 5.17 Å². The van der Waals surface area contributed by atoms with Crippen molar-refractivity contribution in [2.24, 2.45) is 17.5 Å². The van der Waals surface area contributed by atoms with Gasteiger partial charge < -0.3 is 5.73 Å². The van der Waals surface area contributed by atoms with Crippen molar-refractivity contribution < 1.29 is 29.2 Å². The number of ketones is 1. The molecule has 4 amide bonds. The highest BCUT2D eigenvalue weighted by Crippen LogP contribution is 2.23. The monoisotopic (exact) mass is 346 g/mol. The first-order valence-corrected chi connectivity index (χ1v) is 6.98. The van der Waals surface area contributed by atoms with Gasteiger partial charge in [0.2, 0.25) is 5.91 Å². The van der Waals surface area contributed by atoms with Crippen LogP contribution in [0.15, 0.2) is 36.4 Å². The highest BCUT2D eigenvalue weighted by Gasteiger charge is 2.33. The van der Waals surface area contributed by atoms with Crippen LogP contribution in [-0.2, 0) is 19.2 Å². The van der Waals surface area contributed by atoms with E-state index < -0.39 is 41.8 Å². The Morgan fingerprint density at radius 1 is 1.16 bits per heavy atom. The third-order valence-electron chi connectivity index (χ3n) is 3.44. The Morgan fingerprint density at radius 3 is 2.28 bits per heavy atom. The average molecular weight is 346 g/mol. The summed E-state index contributed by atoms with van der Waals surface area (Å²) in [6.45, 7) is 0. The molecule has 0 fully saturated rings. The largest absolute Gasteiger partial charge is 0.370 e. The third kappa shape index (κ3) is 3.76. The van der Waals surface area contributed by atoms with Gasteiger partial charge >= 0.3 is 0 Å². The van der Waals surface area contributed by atoms with E-state index in [0.717, 1.165) is 17.1 Å². The van der Waals surface area contributed by atoms with E-state index in [1.807, 2.05) is 0 Å². The number of hydroxylamine groups is 1. The number of rotatable bonds is 6. The summed E-state index contributed by atoms with van der Waals surface area (Å²) >= 11 is 0. The number of amides is 4. The molecule has 130 valence electrons. The molecule has 0 saturated heterocycles. The number of carbonyl (C=O) groups is 5. The summed E-state index contributed by atoms with van der Waals surface area (Å²) in [4.78, 5) is 59.7. The minimum absolute atomic E-state index is 0.0635. The van der Waals surface area contributed by atoms with Crippen molar-refractivity contribution in [1.29, 1.82) is 0 Å². The Morgan fingerprint density at radius 2 is 1.76 bits per heavy atom. The zero-order chi connectivity index (χ0) is 18.7. The molecule has 0 aliphatic carbocycles. The first-order chi connectivity index (χ1) is 11.7. The van der Waals surface area contributed by atoms with Crippen molar-refractivity contribution in [3.05, 3.63) is 42.0 Å². The predicted molar refractivity (Wildman–Crippen MR) is 82.5 cm³/mol. The number of primary amides is 1. The first kappa shape index (κ1) is 18.0. The summed E-state index contributed by atoms with van der Waals surface area (Å²) in [7, 11) is 0. The quantitative estimate of drug-likeness (QED) is 0.112. The normalized spacial score (nSPS) is 14.6. The molecule has 1 unspecified atom stereocenters. The number of hydrogen-bond acceptors (Lipinski definition) is 7. The number of nitrogens with two attached hydrogens (primary N) is 2. The molecule has 0 aromatic heterocycles. The summed E-state index contributed by atoms with van der Waals surface area (Å²) in [5.74, 6) is -0.880. The minimum Gasteiger partial charge on any atom is -0.370 e. The van der Waals surface area contributed by atoms with Gasteiger partial charge in [0.25, 0.3) is 17.7 Å². The van der Waals surface area contributed by atoms with Gasteiger partial charge in [-0.15, -0.1) is 0 Å². The Balaban J connectivity index is 2.36. The van der Waals surface area contributed by atoms with Crippen LogP contribution in [0, 0.1) is 5.92 Å². The van der Waals surface area contributed by atoms with E-state index >= 15 is 0 Å². The lowest BCUT2D eigenvalue weighted by Gasteiger charge is -2.18. The lowest BCUT2D eigenvalue weighted by molar-refractivity contribution is -0.170. The van der Waals surface area contributed by atoms with Gasteiger partial charge in [-0.2, -0.15) is 5.17 Å². The number of imide groups is 1. The van der Waals surface area contributed by atoms with Gasteiger partial charge in [0, 0.05) is 24.1 Å². The van der Waals surface area contributed by atoms with Gasteiger partial charge in [-0.1, -0.05) is 12.1 Å². The molecule has 1 aliphatic rings. The molecule has 1 atom stereocenters. The zero-order valence-corrected chi connectivity index (χ0v) is 12.8. The van der Waals surface area contributed by atoms with Crippen molar-refractivity contribution in [3.8, 4) is 0 Å². The first-order valence-electron chi connectivity index (χ1n) is 6.98. The average Bonchev–Trinajstić information content (AvgIpc) is 2.90. The number of benzene rings is 1. The second kappa shape index (κ2) is 7.03. The van der Waals surface area contributed by atoms with E-state index in [0.29, 0.717) is 0 Å². The molecular formula is C15H14N4O6. The zero-order valence-electron chi connectivity index (χ0n) is 12.8. The summed E-state index contributed by atoms with van der Waals surface area (Å²) < 4.78 is 0. The van der Waals surface area contributed by atoms with Crippen LogP contribution >= 0.6 is 0 Å². The smallest absolute Gasteiger partial charge is 0.272 e. The van der Waals surface area contributed by atoms with Gasteiger partial charge in [0.1, 0.15) is 5.92 Å². The number of nitrogens with zero attached hydrogens (tertiary/aromatic N) is 2. The van der Waals surface area contributed by atoms with Crippen molar-refractivity contribution in [2.75, 3.05) is 4.90 Å². The molecule has 1 heterocycles. The topological polar surface area (TPSA) is 164 Å². The lowest BCUT2D eigenvalue weighted by atomic mass is 9.93. The predicted octanol–water partition coefficient (Wildman–Crippen LogP) is -1.12. The fraction of sp³-hybridized carbons (Fsp3) is 0.133. The maximum absolute atomic E-state index is 12.5. The van der Waals surface area contributed by atoms with Gasteiger partial charge in [-0.25, -0.2) is 10.7 Å². The molecule has 25 heavy (non-hydrogen) atoms. The lowest BCUT2D eigenvalue weighted by Crippen LogP contribution is -2.43. The number of carbonyl (C=O) groups excluding carboxylic acids is 5. The molecule has 1 aliphatic heterocycles. The van der Waals surface area contributed by atoms with Gasteiger partial charge in [-0.05, 0) is 12.1 Å². The van der Waals surface area contributed by atoms with Crippen LogP contribution in [0.4, 0.5) is 5.69 Å². The van der Waals surface area contributed by atoms with E-state index in [4.69, 9.17) is 16.8 Å². The molecule has 10 nitrogen and oxygen atoms in total. The number of hydrogen-bond donors (Lipinski definition) is 3. The second-order valence-electron chi connectivity index (χ2n) is 5.17. The summed E-state index contributed by atoms with van der Waals surface area (Å²) in [6, 6.07) is 5.35. The molecule has 0 saturated carbocycles. The molecule has 5 N–H and O–H groups in total. The van der Waals surface area contributed by atoms with Gasteiger partial charge in [0.15, 0.2) is 5.78 Å². The summed E-state index contributed by atoms with van der Waals surface area (Å²) in [5.41, 5.74) is 5.07. The van der Waals surface area contributed by atoms with Crippen LogP contribution in [0.25, 0.3) is 0 Å². The van der Waals surface area contributed by atoms with Crippen molar-refractivity contribution in [3.63, 3.8) is 0 Å². The van der Waals surface area contributed by atoms with E-state index in [-0.39, 0.29) is 16.4 Å². The molecule has 10 heteroatoms. The van der Waals surface area contributed by atoms with Crippen LogP contribution in [0.5, 0.6) is 0 Å². The Labute approximate surface area is 141 Å². The van der Waals surface area contributed by atoms with Crippen LogP contribution in [0.2, 0.25) is 0 Å². The van der Waals surface area contributed by atoms with Crippen LogP contribution in [0.3, 0.4) is 0 Å². The second-order valence-corrected chi connectivity index (χ2v) is 5.17. The summed E-state index contributed by atoms with van der Waals surface area (Å²) in [5, 5.41) is 8.75. The SMILES string of the molecule is NC(=O)CC(C(=O)c1cccc(N2C(=O)C=CC2=O)c1)C(=O)N(N)O. The molecule has 1 aromatic carbocycles. The molecular weight excluding hydrogens is 332 g/mol. The van der Waals surface area contributed by atoms with Crippen LogP contribution in [-0.4, -0.2) is 39.8 Å². The Hall–Kier alpha value is -3.37.